The molecule has 1 rings (SSSR count). The predicted molar refractivity (Wildman–Crippen MR) is 46.4 cm³/mol. The van der Waals surface area contributed by atoms with Crippen LogP contribution in [0.3, 0.4) is 0 Å². The minimum absolute atomic E-state index is 0. The van der Waals surface area contributed by atoms with Gasteiger partial charge in [0.05, 0.1) is 0 Å². The zero-order chi connectivity index (χ0) is 4.41. The number of hydrogen-bond acceptors (Lipinski definition) is 0. The van der Waals surface area contributed by atoms with Gasteiger partial charge >= 0.3 is 21.1 Å². The number of rotatable bonds is 0. The molecule has 1 aliphatic carbocycles. The van der Waals surface area contributed by atoms with E-state index in [1.54, 1.807) is 0 Å². The van der Waals surface area contributed by atoms with Crippen LogP contribution in [0.1, 0.15) is 6.42 Å². The first-order valence-corrected chi connectivity index (χ1v) is 2.07. The Morgan fingerprint density at radius 2 is 1.70 bits per heavy atom. The topological polar surface area (TPSA) is 0 Å². The summed E-state index contributed by atoms with van der Waals surface area (Å²) in [5, 5.41) is 0. The summed E-state index contributed by atoms with van der Waals surface area (Å²) in [4.78, 5) is 0. The summed E-state index contributed by atoms with van der Waals surface area (Å²) >= 11 is 0. The van der Waals surface area contributed by atoms with Crippen LogP contribution in [-0.4, -0.2) is 0 Å². The molecule has 62 valence electrons. The second-order valence-corrected chi connectivity index (χ2v) is 1.46. The molecule has 0 atom stereocenters. The molecule has 0 nitrogen and oxygen atoms in total. The molecule has 0 saturated heterocycles. The first kappa shape index (κ1) is 22.5. The van der Waals surface area contributed by atoms with Gasteiger partial charge < -0.3 is 22.3 Å². The van der Waals surface area contributed by atoms with Gasteiger partial charge in [0, 0.05) is 0 Å². The second kappa shape index (κ2) is 11.8. The summed E-state index contributed by atoms with van der Waals surface area (Å²) < 4.78 is 0. The Balaban J connectivity index is -0.0000000450. The fourth-order valence-corrected chi connectivity index (χ4v) is 0.492. The van der Waals surface area contributed by atoms with Crippen LogP contribution >= 0.6 is 0 Å². The van der Waals surface area contributed by atoms with Gasteiger partial charge in [-0.05, 0) is 6.42 Å². The fraction of sp³-hybridized carbons (Fsp3) is 0.111. The maximum absolute atomic E-state index is 3.74. The van der Waals surface area contributed by atoms with E-state index in [1.165, 1.54) is 5.57 Å². The van der Waals surface area contributed by atoms with Gasteiger partial charge in [0.25, 0.3) is 0 Å². The van der Waals surface area contributed by atoms with E-state index in [0.29, 0.717) is 0 Å². The molecule has 0 unspecified atom stereocenters. The van der Waals surface area contributed by atoms with Crippen LogP contribution in [0.25, 0.3) is 0 Å². The molecule has 0 aromatic heterocycles. The molecular formula is C9H16Pt. The number of hydrogen-bond donors (Lipinski definition) is 0. The van der Waals surface area contributed by atoms with Crippen molar-refractivity contribution in [1.29, 1.82) is 0 Å². The molecule has 0 N–H and O–H groups in total. The average molecular weight is 319 g/mol. The van der Waals surface area contributed by atoms with E-state index < -0.39 is 0 Å². The normalized spacial score (nSPS) is 11.0. The molecule has 0 aliphatic heterocycles. The van der Waals surface area contributed by atoms with Gasteiger partial charge in [-0.25, -0.2) is 18.6 Å². The molecule has 0 bridgehead atoms. The van der Waals surface area contributed by atoms with Crippen molar-refractivity contribution in [3.8, 4) is 0 Å². The first-order valence-electron chi connectivity index (χ1n) is 2.07. The van der Waals surface area contributed by atoms with Crippen molar-refractivity contribution in [2.45, 2.75) is 6.42 Å². The van der Waals surface area contributed by atoms with Crippen molar-refractivity contribution in [3.05, 3.63) is 53.0 Å². The van der Waals surface area contributed by atoms with Crippen LogP contribution in [0, 0.1) is 29.2 Å². The monoisotopic (exact) mass is 319 g/mol. The van der Waals surface area contributed by atoms with Crippen molar-refractivity contribution >= 4 is 0 Å². The van der Waals surface area contributed by atoms with Crippen molar-refractivity contribution < 1.29 is 21.1 Å². The minimum Gasteiger partial charge on any atom is -0.358 e. The van der Waals surface area contributed by atoms with Crippen molar-refractivity contribution in [3.63, 3.8) is 0 Å². The average Bonchev–Trinajstić information content (AvgIpc) is 1.86. The van der Waals surface area contributed by atoms with Crippen LogP contribution in [0.5, 0.6) is 0 Å². The SMILES string of the molecule is [CH2-]C1=CC=CC1.[CH3-].[CH3-].[CH3-].[Pt+4]. The van der Waals surface area contributed by atoms with Crippen LogP contribution in [0.4, 0.5) is 0 Å². The summed E-state index contributed by atoms with van der Waals surface area (Å²) in [5.74, 6) is 0. The zero-order valence-electron chi connectivity index (χ0n) is 6.96. The van der Waals surface area contributed by atoms with Gasteiger partial charge in [0.15, 0.2) is 0 Å². The van der Waals surface area contributed by atoms with E-state index in [9.17, 15) is 0 Å². The Morgan fingerprint density at radius 1 is 1.20 bits per heavy atom. The van der Waals surface area contributed by atoms with Gasteiger partial charge in [-0.2, -0.15) is 0 Å². The Kier molecular flexibility index (Phi) is 26.5. The molecule has 0 aromatic rings. The van der Waals surface area contributed by atoms with E-state index in [-0.39, 0.29) is 43.3 Å². The van der Waals surface area contributed by atoms with Gasteiger partial charge in [0.1, 0.15) is 0 Å². The van der Waals surface area contributed by atoms with E-state index >= 15 is 0 Å². The molecule has 10 heavy (non-hydrogen) atoms. The number of allylic oxidation sites excluding steroid dienone is 4. The van der Waals surface area contributed by atoms with Crippen molar-refractivity contribution in [2.24, 2.45) is 0 Å². The standard InChI is InChI=1S/C6H7.3CH3.Pt/c1-6-4-2-3-5-6;;;;/h2-4H,1,5H2;3*1H3;/q4*-1;+4. The molecule has 1 aliphatic rings. The smallest absolute Gasteiger partial charge is 0.358 e. The van der Waals surface area contributed by atoms with Crippen molar-refractivity contribution in [2.75, 3.05) is 0 Å². The Hall–Kier alpha value is 0.0383. The van der Waals surface area contributed by atoms with Crippen LogP contribution in [-0.2, 0) is 21.1 Å². The third-order valence-corrected chi connectivity index (χ3v) is 0.848. The van der Waals surface area contributed by atoms with Gasteiger partial charge in [-0.1, -0.05) is 0 Å². The zero-order valence-corrected chi connectivity index (χ0v) is 9.23. The van der Waals surface area contributed by atoms with E-state index in [0.717, 1.165) is 6.42 Å². The van der Waals surface area contributed by atoms with Crippen LogP contribution in [0.2, 0.25) is 0 Å². The quantitative estimate of drug-likeness (QED) is 0.602. The molecule has 0 spiro atoms. The summed E-state index contributed by atoms with van der Waals surface area (Å²) in [6.07, 6.45) is 7.21. The van der Waals surface area contributed by atoms with E-state index in [4.69, 9.17) is 0 Å². The third kappa shape index (κ3) is 8.04. The van der Waals surface area contributed by atoms with Crippen LogP contribution < -0.4 is 0 Å². The van der Waals surface area contributed by atoms with Crippen LogP contribution in [0.15, 0.2) is 23.8 Å². The molecule has 1 heteroatoms. The van der Waals surface area contributed by atoms with Gasteiger partial charge in [-0.15, -0.1) is 12.2 Å². The fourth-order valence-electron chi connectivity index (χ4n) is 0.492. The summed E-state index contributed by atoms with van der Waals surface area (Å²) in [6.45, 7) is 3.74. The summed E-state index contributed by atoms with van der Waals surface area (Å²) in [6, 6.07) is 0. The Labute approximate surface area is 80.7 Å². The molecular weight excluding hydrogens is 303 g/mol. The summed E-state index contributed by atoms with van der Waals surface area (Å²) in [7, 11) is 0. The molecule has 0 radical (unpaired) electrons. The molecule has 0 aromatic carbocycles. The second-order valence-electron chi connectivity index (χ2n) is 1.46. The largest absolute Gasteiger partial charge is 4.00 e. The minimum atomic E-state index is 0. The third-order valence-electron chi connectivity index (χ3n) is 0.848. The first-order chi connectivity index (χ1) is 2.89. The predicted octanol–water partition coefficient (Wildman–Crippen LogP) is 3.06. The maximum Gasteiger partial charge on any atom is 4.00 e. The van der Waals surface area contributed by atoms with E-state index in [2.05, 4.69) is 13.0 Å². The molecule has 0 amide bonds. The maximum atomic E-state index is 3.74. The molecule has 0 fully saturated rings. The van der Waals surface area contributed by atoms with Gasteiger partial charge in [0.2, 0.25) is 0 Å². The van der Waals surface area contributed by atoms with E-state index in [1.807, 2.05) is 12.2 Å². The van der Waals surface area contributed by atoms with Gasteiger partial charge in [-0.3, -0.25) is 0 Å². The Bertz CT molecular complexity index is 101. The molecule has 0 heterocycles. The molecule has 0 saturated carbocycles. The van der Waals surface area contributed by atoms with Crippen molar-refractivity contribution in [1.82, 2.24) is 0 Å². The summed E-state index contributed by atoms with van der Waals surface area (Å²) in [5.41, 5.74) is 1.22. The Morgan fingerprint density at radius 3 is 1.80 bits per heavy atom.